The predicted molar refractivity (Wildman–Crippen MR) is 120 cm³/mol. The molecule has 2 heterocycles. The van der Waals surface area contributed by atoms with Crippen LogP contribution in [0, 0.1) is 0 Å². The van der Waals surface area contributed by atoms with Gasteiger partial charge < -0.3 is 15.0 Å². The third kappa shape index (κ3) is 9.17. The number of rotatable bonds is 12. The van der Waals surface area contributed by atoms with Crippen LogP contribution in [0.3, 0.4) is 0 Å². The highest BCUT2D eigenvalue weighted by Crippen LogP contribution is 2.18. The number of likely N-dealkylation sites (N-methyl/N-ethyl adjacent to an activating group) is 1. The number of hydrogen-bond donors (Lipinski definition) is 2. The van der Waals surface area contributed by atoms with Gasteiger partial charge in [-0.05, 0) is 36.9 Å². The average molecular weight is 488 g/mol. The zero-order chi connectivity index (χ0) is 22.9. The standard InChI is InChI=1S/C19H25N3O6S3/c1-3-22(12-17(23)20-11-15-5-4-10-29-15)18(24)13-28-19(25)16-7-6-14(30-16)8-9-21-31(2,26)27/h4-7,10,21H,3,8-9,11-13H2,1-2H3,(H,20,23). The molecule has 2 amide bonds. The monoisotopic (exact) mass is 487 g/mol. The van der Waals surface area contributed by atoms with Crippen molar-refractivity contribution in [2.75, 3.05) is 32.5 Å². The molecule has 9 nitrogen and oxygen atoms in total. The molecule has 0 saturated heterocycles. The van der Waals surface area contributed by atoms with Gasteiger partial charge in [0.2, 0.25) is 15.9 Å². The molecule has 0 fully saturated rings. The molecule has 0 aliphatic heterocycles. The molecule has 2 aromatic heterocycles. The first kappa shape index (κ1) is 25.0. The average Bonchev–Trinajstić information content (AvgIpc) is 3.39. The Hall–Kier alpha value is -2.28. The fourth-order valence-electron chi connectivity index (χ4n) is 2.48. The van der Waals surface area contributed by atoms with Crippen molar-refractivity contribution < 1.29 is 27.5 Å². The second-order valence-electron chi connectivity index (χ2n) is 6.52. The van der Waals surface area contributed by atoms with E-state index in [4.69, 9.17) is 4.74 Å². The van der Waals surface area contributed by atoms with Gasteiger partial charge >= 0.3 is 5.97 Å². The molecule has 0 bridgehead atoms. The number of carbonyl (C=O) groups is 3. The van der Waals surface area contributed by atoms with Crippen LogP contribution in [0.4, 0.5) is 0 Å². The lowest BCUT2D eigenvalue weighted by Crippen LogP contribution is -2.42. The van der Waals surface area contributed by atoms with E-state index in [0.717, 1.165) is 16.0 Å². The van der Waals surface area contributed by atoms with Gasteiger partial charge in [0.25, 0.3) is 5.91 Å². The van der Waals surface area contributed by atoms with Crippen LogP contribution in [0.5, 0.6) is 0 Å². The van der Waals surface area contributed by atoms with E-state index >= 15 is 0 Å². The van der Waals surface area contributed by atoms with Crippen LogP contribution in [0.15, 0.2) is 29.6 Å². The molecular formula is C19H25N3O6S3. The third-order valence-electron chi connectivity index (χ3n) is 4.03. The molecule has 0 spiro atoms. The molecule has 0 saturated carbocycles. The van der Waals surface area contributed by atoms with Gasteiger partial charge in [-0.25, -0.2) is 17.9 Å². The van der Waals surface area contributed by atoms with Gasteiger partial charge in [0.15, 0.2) is 6.61 Å². The van der Waals surface area contributed by atoms with Gasteiger partial charge in [-0.15, -0.1) is 22.7 Å². The summed E-state index contributed by atoms with van der Waals surface area (Å²) >= 11 is 2.71. The summed E-state index contributed by atoms with van der Waals surface area (Å²) in [7, 11) is -3.26. The van der Waals surface area contributed by atoms with E-state index < -0.39 is 28.5 Å². The second kappa shape index (κ2) is 11.9. The molecule has 2 aromatic rings. The maximum absolute atomic E-state index is 12.3. The Labute approximate surface area is 189 Å². The minimum atomic E-state index is -3.26. The molecule has 0 unspecified atom stereocenters. The van der Waals surface area contributed by atoms with E-state index in [1.807, 2.05) is 17.5 Å². The number of nitrogens with zero attached hydrogens (tertiary/aromatic N) is 1. The molecule has 31 heavy (non-hydrogen) atoms. The fraction of sp³-hybridized carbons (Fsp3) is 0.421. The molecule has 2 N–H and O–H groups in total. The van der Waals surface area contributed by atoms with Crippen molar-refractivity contribution in [1.82, 2.24) is 14.9 Å². The zero-order valence-corrected chi connectivity index (χ0v) is 19.7. The van der Waals surface area contributed by atoms with E-state index in [1.54, 1.807) is 19.1 Å². The summed E-state index contributed by atoms with van der Waals surface area (Å²) in [4.78, 5) is 40.0. The lowest BCUT2D eigenvalue weighted by atomic mass is 10.3. The van der Waals surface area contributed by atoms with Crippen LogP contribution in [0.25, 0.3) is 0 Å². The highest BCUT2D eigenvalue weighted by molar-refractivity contribution is 7.88. The molecular weight excluding hydrogens is 462 g/mol. The van der Waals surface area contributed by atoms with Gasteiger partial charge in [0.1, 0.15) is 4.88 Å². The van der Waals surface area contributed by atoms with E-state index in [0.29, 0.717) is 24.4 Å². The fourth-order valence-corrected chi connectivity index (χ4v) is 4.49. The van der Waals surface area contributed by atoms with Crippen molar-refractivity contribution in [2.45, 2.75) is 19.9 Å². The molecule has 2 rings (SSSR count). The van der Waals surface area contributed by atoms with Crippen LogP contribution < -0.4 is 10.0 Å². The Balaban J connectivity index is 1.76. The summed E-state index contributed by atoms with van der Waals surface area (Å²) in [5, 5.41) is 4.67. The molecule has 0 aliphatic rings. The Morgan fingerprint density at radius 2 is 1.94 bits per heavy atom. The van der Waals surface area contributed by atoms with Crippen molar-refractivity contribution in [1.29, 1.82) is 0 Å². The number of hydrogen-bond acceptors (Lipinski definition) is 8. The van der Waals surface area contributed by atoms with E-state index in [-0.39, 0.29) is 19.0 Å². The summed E-state index contributed by atoms with van der Waals surface area (Å²) in [6.45, 7) is 2.09. The van der Waals surface area contributed by atoms with Gasteiger partial charge in [-0.3, -0.25) is 9.59 Å². The summed E-state index contributed by atoms with van der Waals surface area (Å²) < 4.78 is 29.6. The number of thiophene rings is 2. The third-order valence-corrected chi connectivity index (χ3v) is 6.76. The summed E-state index contributed by atoms with van der Waals surface area (Å²) in [5.74, 6) is -1.39. The lowest BCUT2D eigenvalue weighted by molar-refractivity contribution is -0.138. The molecule has 0 aromatic carbocycles. The van der Waals surface area contributed by atoms with Gasteiger partial charge in [-0.1, -0.05) is 6.07 Å². The Kier molecular flexibility index (Phi) is 9.62. The van der Waals surface area contributed by atoms with Crippen molar-refractivity contribution in [3.63, 3.8) is 0 Å². The number of sulfonamides is 1. The van der Waals surface area contributed by atoms with Crippen LogP contribution >= 0.6 is 22.7 Å². The first-order valence-corrected chi connectivity index (χ1v) is 13.0. The molecule has 170 valence electrons. The van der Waals surface area contributed by atoms with Crippen LogP contribution in [-0.4, -0.2) is 63.6 Å². The SMILES string of the molecule is CCN(CC(=O)NCc1cccs1)C(=O)COC(=O)c1ccc(CCNS(C)(=O)=O)s1. The van der Waals surface area contributed by atoms with Crippen LogP contribution in [0.1, 0.15) is 26.3 Å². The first-order valence-electron chi connectivity index (χ1n) is 9.45. The smallest absolute Gasteiger partial charge is 0.348 e. The topological polar surface area (TPSA) is 122 Å². The van der Waals surface area contributed by atoms with Crippen molar-refractivity contribution >= 4 is 50.5 Å². The highest BCUT2D eigenvalue weighted by Gasteiger charge is 2.19. The summed E-state index contributed by atoms with van der Waals surface area (Å²) in [5.41, 5.74) is 0. The summed E-state index contributed by atoms with van der Waals surface area (Å²) in [6.07, 6.45) is 1.52. The quantitative estimate of drug-likeness (QED) is 0.434. The normalized spacial score (nSPS) is 11.2. The van der Waals surface area contributed by atoms with Gasteiger partial charge in [-0.2, -0.15) is 0 Å². The number of nitrogens with one attached hydrogen (secondary N) is 2. The Morgan fingerprint density at radius 3 is 2.58 bits per heavy atom. The van der Waals surface area contributed by atoms with Gasteiger partial charge in [0, 0.05) is 22.8 Å². The maximum Gasteiger partial charge on any atom is 0.348 e. The Bertz CT molecular complexity index is 985. The van der Waals surface area contributed by atoms with E-state index in [2.05, 4.69) is 10.0 Å². The van der Waals surface area contributed by atoms with Gasteiger partial charge in [0.05, 0.1) is 19.3 Å². The number of ether oxygens (including phenoxy) is 1. The maximum atomic E-state index is 12.3. The molecule has 0 radical (unpaired) electrons. The van der Waals surface area contributed by atoms with Crippen molar-refractivity contribution in [3.05, 3.63) is 44.3 Å². The van der Waals surface area contributed by atoms with Crippen LogP contribution in [-0.2, 0) is 37.3 Å². The minimum Gasteiger partial charge on any atom is -0.451 e. The van der Waals surface area contributed by atoms with E-state index in [9.17, 15) is 22.8 Å². The Morgan fingerprint density at radius 1 is 1.16 bits per heavy atom. The largest absolute Gasteiger partial charge is 0.451 e. The second-order valence-corrected chi connectivity index (χ2v) is 10.6. The molecule has 0 aliphatic carbocycles. The summed E-state index contributed by atoms with van der Waals surface area (Å²) in [6, 6.07) is 7.09. The molecule has 12 heteroatoms. The lowest BCUT2D eigenvalue weighted by Gasteiger charge is -2.20. The first-order chi connectivity index (χ1) is 14.7. The number of amides is 2. The van der Waals surface area contributed by atoms with Crippen molar-refractivity contribution in [3.8, 4) is 0 Å². The van der Waals surface area contributed by atoms with Crippen molar-refractivity contribution in [2.24, 2.45) is 0 Å². The highest BCUT2D eigenvalue weighted by atomic mass is 32.2. The zero-order valence-electron chi connectivity index (χ0n) is 17.3. The minimum absolute atomic E-state index is 0.116. The van der Waals surface area contributed by atoms with E-state index in [1.165, 1.54) is 27.6 Å². The number of esters is 1. The molecule has 0 atom stereocenters. The number of carbonyl (C=O) groups excluding carboxylic acids is 3. The van der Waals surface area contributed by atoms with Crippen LogP contribution in [0.2, 0.25) is 0 Å². The predicted octanol–water partition coefficient (Wildman–Crippen LogP) is 1.22.